The summed E-state index contributed by atoms with van der Waals surface area (Å²) >= 11 is 0. The Morgan fingerprint density at radius 2 is 1.38 bits per heavy atom. The van der Waals surface area contributed by atoms with Gasteiger partial charge >= 0.3 is 0 Å². The van der Waals surface area contributed by atoms with E-state index in [-0.39, 0.29) is 0 Å². The third-order valence-corrected chi connectivity index (χ3v) is 5.34. The number of hydrogen-bond acceptors (Lipinski definition) is 7. The van der Waals surface area contributed by atoms with Crippen molar-refractivity contribution >= 4 is 18.0 Å². The van der Waals surface area contributed by atoms with Gasteiger partial charge in [-0.2, -0.15) is 25.1 Å². The van der Waals surface area contributed by atoms with Crippen molar-refractivity contribution in [1.82, 2.24) is 44.1 Å². The fourth-order valence-electron chi connectivity index (χ4n) is 3.82. The van der Waals surface area contributed by atoms with Crippen LogP contribution in [0.4, 0.5) is 5.82 Å². The highest BCUT2D eigenvalue weighted by molar-refractivity contribution is 5.56. The summed E-state index contributed by atoms with van der Waals surface area (Å²) in [5, 5.41) is 10.1. The first-order valence-corrected chi connectivity index (χ1v) is 10.3. The number of anilines is 1. The second-order valence-corrected chi connectivity index (χ2v) is 7.97. The summed E-state index contributed by atoms with van der Waals surface area (Å²) in [5.74, 6) is 2.23. The molecule has 4 aromatic rings. The molecule has 5 rings (SSSR count). The molecule has 10 heteroatoms. The Morgan fingerprint density at radius 3 is 1.88 bits per heavy atom. The molecule has 0 N–H and O–H groups in total. The van der Waals surface area contributed by atoms with Crippen LogP contribution < -0.4 is 15.7 Å². The number of fused-ring (bicyclic) bond motifs is 1. The van der Waals surface area contributed by atoms with Crippen molar-refractivity contribution in [3.8, 4) is 11.9 Å². The monoisotopic (exact) mass is 428 g/mol. The number of rotatable bonds is 3. The standard InChI is InChI=1S/C22H24N10/c1-13-10-15(3)31(27-13)21-23-18(24-22(26-21)32-16(4)11-14(2)28-32)12-19-25-20-17(30(19)6)8-7-9-29(20)5/h7-12H,1-6H3. The van der Waals surface area contributed by atoms with Gasteiger partial charge in [0.2, 0.25) is 0 Å². The molecule has 0 spiro atoms. The first kappa shape index (κ1) is 19.9. The van der Waals surface area contributed by atoms with Gasteiger partial charge in [-0.05, 0) is 52.0 Å². The quantitative estimate of drug-likeness (QED) is 0.476. The molecule has 5 heterocycles. The highest BCUT2D eigenvalue weighted by Gasteiger charge is 2.15. The molecule has 0 unspecified atom stereocenters. The Hall–Kier alpha value is -4.08. The topological polar surface area (TPSA) is 95.4 Å². The van der Waals surface area contributed by atoms with Crippen LogP contribution in [0.2, 0.25) is 0 Å². The van der Waals surface area contributed by atoms with Gasteiger partial charge in [-0.1, -0.05) is 0 Å². The van der Waals surface area contributed by atoms with Crippen molar-refractivity contribution in [2.45, 2.75) is 27.7 Å². The van der Waals surface area contributed by atoms with E-state index in [4.69, 9.17) is 15.0 Å². The summed E-state index contributed by atoms with van der Waals surface area (Å²) < 4.78 is 5.46. The molecule has 0 aromatic carbocycles. The highest BCUT2D eigenvalue weighted by atomic mass is 15.4. The molecule has 0 bridgehead atoms. The molecule has 1 aliphatic heterocycles. The fourth-order valence-corrected chi connectivity index (χ4v) is 3.82. The van der Waals surface area contributed by atoms with Crippen LogP contribution in [0.15, 0.2) is 24.4 Å². The summed E-state index contributed by atoms with van der Waals surface area (Å²) in [6.07, 6.45) is 7.87. The van der Waals surface area contributed by atoms with Gasteiger partial charge in [0.1, 0.15) is 5.48 Å². The van der Waals surface area contributed by atoms with Crippen molar-refractivity contribution in [1.29, 1.82) is 0 Å². The maximum atomic E-state index is 4.78. The van der Waals surface area contributed by atoms with E-state index in [0.717, 1.165) is 39.4 Å². The number of nitrogens with zero attached hydrogens (tertiary/aromatic N) is 10. The maximum absolute atomic E-state index is 4.78. The summed E-state index contributed by atoms with van der Waals surface area (Å²) in [6, 6.07) is 3.98. The van der Waals surface area contributed by atoms with Crippen LogP contribution in [0.25, 0.3) is 24.0 Å². The first-order valence-electron chi connectivity index (χ1n) is 10.3. The molecule has 32 heavy (non-hydrogen) atoms. The van der Waals surface area contributed by atoms with Crippen molar-refractivity contribution in [2.24, 2.45) is 7.05 Å². The predicted molar refractivity (Wildman–Crippen MR) is 121 cm³/mol. The van der Waals surface area contributed by atoms with E-state index in [0.29, 0.717) is 17.7 Å². The number of imidazole rings is 1. The van der Waals surface area contributed by atoms with Gasteiger partial charge in [0.25, 0.3) is 11.9 Å². The number of allylic oxidation sites excluding steroid dienone is 1. The van der Waals surface area contributed by atoms with Gasteiger partial charge in [-0.25, -0.2) is 14.3 Å². The van der Waals surface area contributed by atoms with Crippen LogP contribution in [0, 0.1) is 27.7 Å². The van der Waals surface area contributed by atoms with E-state index in [1.54, 1.807) is 9.36 Å². The van der Waals surface area contributed by atoms with E-state index in [2.05, 4.69) is 15.2 Å². The van der Waals surface area contributed by atoms with Gasteiger partial charge in [0.15, 0.2) is 11.6 Å². The lowest BCUT2D eigenvalue weighted by atomic mass is 10.4. The van der Waals surface area contributed by atoms with E-state index in [1.807, 2.05) is 87.8 Å². The Labute approximate surface area is 184 Å². The molecule has 0 saturated carbocycles. The Balaban J connectivity index is 1.74. The highest BCUT2D eigenvalue weighted by Crippen LogP contribution is 2.13. The minimum atomic E-state index is 0.434. The molecule has 0 amide bonds. The maximum Gasteiger partial charge on any atom is 0.256 e. The molecular weight excluding hydrogens is 404 g/mol. The smallest absolute Gasteiger partial charge is 0.256 e. The fraction of sp³-hybridized carbons (Fsp3) is 0.273. The van der Waals surface area contributed by atoms with Crippen molar-refractivity contribution in [2.75, 3.05) is 11.9 Å². The molecule has 0 radical (unpaired) electrons. The van der Waals surface area contributed by atoms with Crippen LogP contribution in [0.3, 0.4) is 0 Å². The Bertz CT molecular complexity index is 1430. The van der Waals surface area contributed by atoms with E-state index in [9.17, 15) is 0 Å². The third-order valence-electron chi connectivity index (χ3n) is 5.34. The molecular formula is C22H24N10. The minimum Gasteiger partial charge on any atom is -0.334 e. The third kappa shape index (κ3) is 3.29. The molecule has 0 aliphatic carbocycles. The zero-order valence-corrected chi connectivity index (χ0v) is 18.9. The van der Waals surface area contributed by atoms with Crippen molar-refractivity contribution < 1.29 is 0 Å². The lowest BCUT2D eigenvalue weighted by Crippen LogP contribution is -2.27. The number of aromatic nitrogens is 9. The van der Waals surface area contributed by atoms with Gasteiger partial charge in [0, 0.05) is 37.8 Å². The van der Waals surface area contributed by atoms with Gasteiger partial charge in [-0.15, -0.1) is 0 Å². The normalized spacial score (nSPS) is 13.6. The zero-order valence-electron chi connectivity index (χ0n) is 18.9. The van der Waals surface area contributed by atoms with E-state index in [1.165, 1.54) is 0 Å². The van der Waals surface area contributed by atoms with Gasteiger partial charge < -0.3 is 9.47 Å². The van der Waals surface area contributed by atoms with Crippen LogP contribution in [-0.4, -0.2) is 51.1 Å². The average molecular weight is 429 g/mol. The molecule has 162 valence electrons. The summed E-state index contributed by atoms with van der Waals surface area (Å²) in [6.45, 7) is 7.83. The van der Waals surface area contributed by atoms with Crippen LogP contribution in [0.1, 0.15) is 28.6 Å². The van der Waals surface area contributed by atoms with Crippen molar-refractivity contribution in [3.05, 3.63) is 63.8 Å². The van der Waals surface area contributed by atoms with Gasteiger partial charge in [0.05, 0.1) is 16.7 Å². The first-order chi connectivity index (χ1) is 15.3. The minimum absolute atomic E-state index is 0.434. The number of hydrogen-bond donors (Lipinski definition) is 0. The summed E-state index contributed by atoms with van der Waals surface area (Å²) in [7, 11) is 3.95. The Kier molecular flexibility index (Phi) is 4.50. The second-order valence-electron chi connectivity index (χ2n) is 7.97. The molecule has 0 saturated heterocycles. The molecule has 0 fully saturated rings. The lowest BCUT2D eigenvalue weighted by Gasteiger charge is -2.12. The van der Waals surface area contributed by atoms with E-state index < -0.39 is 0 Å². The SMILES string of the molecule is Cc1cc(C)n(-c2nc(C=c3nc4c(n3C)=CC=CN4C)nc(-n3nc(C)cc3C)n2)n1. The van der Waals surface area contributed by atoms with E-state index >= 15 is 0 Å². The number of aryl methyl sites for hydroxylation is 4. The van der Waals surface area contributed by atoms with Crippen LogP contribution >= 0.6 is 0 Å². The molecule has 0 atom stereocenters. The van der Waals surface area contributed by atoms with Crippen LogP contribution in [-0.2, 0) is 7.05 Å². The van der Waals surface area contributed by atoms with Gasteiger partial charge in [-0.3, -0.25) is 0 Å². The molecule has 4 aromatic heterocycles. The molecule has 1 aliphatic rings. The van der Waals surface area contributed by atoms with Crippen molar-refractivity contribution in [3.63, 3.8) is 0 Å². The van der Waals surface area contributed by atoms with Crippen LogP contribution in [0.5, 0.6) is 0 Å². The second kappa shape index (κ2) is 7.26. The summed E-state index contributed by atoms with van der Waals surface area (Å²) in [5.41, 5.74) is 4.40. The average Bonchev–Trinajstić information content (AvgIpc) is 3.37. The molecule has 10 nitrogen and oxygen atoms in total. The predicted octanol–water partition coefficient (Wildman–Crippen LogP) is 0.783. The Morgan fingerprint density at radius 1 is 0.781 bits per heavy atom. The zero-order chi connectivity index (χ0) is 22.6. The lowest BCUT2D eigenvalue weighted by molar-refractivity contribution is 0.713. The summed E-state index contributed by atoms with van der Waals surface area (Å²) in [4.78, 5) is 20.8. The largest absolute Gasteiger partial charge is 0.334 e.